The van der Waals surface area contributed by atoms with Crippen LogP contribution in [-0.4, -0.2) is 37.2 Å². The highest BCUT2D eigenvalue weighted by Gasteiger charge is 2.19. The number of unbranched alkanes of at least 4 members (excludes halogenated alkanes) is 40. The Morgan fingerprint density at radius 1 is 0.288 bits per heavy atom. The fraction of sp³-hybridized carbons (Fsp3) is 0.836. The first-order valence-electron chi connectivity index (χ1n) is 32.1. The predicted octanol–water partition coefficient (Wildman–Crippen LogP) is 21.8. The molecule has 0 aromatic rings. The highest BCUT2D eigenvalue weighted by atomic mass is 16.6. The minimum Gasteiger partial charge on any atom is -0.462 e. The van der Waals surface area contributed by atoms with Crippen molar-refractivity contribution < 1.29 is 28.6 Å². The molecule has 73 heavy (non-hydrogen) atoms. The van der Waals surface area contributed by atoms with Crippen LogP contribution in [0, 0.1) is 0 Å². The van der Waals surface area contributed by atoms with Crippen molar-refractivity contribution in [3.63, 3.8) is 0 Å². The van der Waals surface area contributed by atoms with E-state index in [9.17, 15) is 14.4 Å². The van der Waals surface area contributed by atoms with Gasteiger partial charge in [0.2, 0.25) is 0 Å². The van der Waals surface area contributed by atoms with Gasteiger partial charge >= 0.3 is 17.9 Å². The number of rotatable bonds is 59. The fourth-order valence-corrected chi connectivity index (χ4v) is 9.51. The van der Waals surface area contributed by atoms with Crippen molar-refractivity contribution in [2.45, 2.75) is 348 Å². The Balaban J connectivity index is 4.34. The smallest absolute Gasteiger partial charge is 0.306 e. The largest absolute Gasteiger partial charge is 0.462 e. The van der Waals surface area contributed by atoms with E-state index in [1.807, 2.05) is 0 Å². The molecule has 0 heterocycles. The van der Waals surface area contributed by atoms with Gasteiger partial charge < -0.3 is 14.2 Å². The second-order valence-corrected chi connectivity index (χ2v) is 21.6. The molecule has 0 saturated carbocycles. The Kier molecular flexibility index (Phi) is 59.7. The molecule has 0 fully saturated rings. The molecule has 0 bridgehead atoms. The van der Waals surface area contributed by atoms with Crippen LogP contribution >= 0.6 is 0 Å². The second kappa shape index (κ2) is 61.9. The summed E-state index contributed by atoms with van der Waals surface area (Å²) in [6.07, 6.45) is 76.8. The van der Waals surface area contributed by atoms with E-state index in [1.165, 1.54) is 225 Å². The maximum atomic E-state index is 12.9. The number of hydrogen-bond donors (Lipinski definition) is 0. The number of carbonyl (C=O) groups is 3. The number of allylic oxidation sites excluding steroid dienone is 8. The van der Waals surface area contributed by atoms with E-state index >= 15 is 0 Å². The quantitative estimate of drug-likeness (QED) is 0.0261. The lowest BCUT2D eigenvalue weighted by Gasteiger charge is -2.18. The molecule has 0 N–H and O–H groups in total. The zero-order valence-corrected chi connectivity index (χ0v) is 48.9. The van der Waals surface area contributed by atoms with Crippen molar-refractivity contribution in [1.29, 1.82) is 0 Å². The van der Waals surface area contributed by atoms with Crippen LogP contribution in [0.15, 0.2) is 48.6 Å². The Morgan fingerprint density at radius 2 is 0.534 bits per heavy atom. The SMILES string of the molecule is CC/C=C\C/C=C\C/C=C\CCCCCCCCCCCC(=O)OCC(COC(=O)CCCCCCCCC/C=C\CCCCCCCC)OC(=O)CCCCCCCCCCCCCCCCCCCCC. The molecular formula is C67H122O6. The molecule has 0 aliphatic rings. The first-order chi connectivity index (χ1) is 36.0. The summed E-state index contributed by atoms with van der Waals surface area (Å²) in [5.41, 5.74) is 0. The van der Waals surface area contributed by atoms with Gasteiger partial charge in [-0.25, -0.2) is 0 Å². The lowest BCUT2D eigenvalue weighted by Crippen LogP contribution is -2.30. The van der Waals surface area contributed by atoms with E-state index in [4.69, 9.17) is 14.2 Å². The van der Waals surface area contributed by atoms with Crippen LogP contribution in [0.4, 0.5) is 0 Å². The van der Waals surface area contributed by atoms with Gasteiger partial charge in [-0.15, -0.1) is 0 Å². The third-order valence-electron chi connectivity index (χ3n) is 14.3. The molecule has 0 radical (unpaired) electrons. The molecule has 0 aliphatic heterocycles. The number of carbonyl (C=O) groups excluding carboxylic acids is 3. The van der Waals surface area contributed by atoms with Crippen LogP contribution in [0.1, 0.15) is 342 Å². The fourth-order valence-electron chi connectivity index (χ4n) is 9.51. The topological polar surface area (TPSA) is 78.9 Å². The molecule has 426 valence electrons. The van der Waals surface area contributed by atoms with Gasteiger partial charge in [0.15, 0.2) is 6.10 Å². The van der Waals surface area contributed by atoms with Crippen LogP contribution in [0.2, 0.25) is 0 Å². The third-order valence-corrected chi connectivity index (χ3v) is 14.3. The van der Waals surface area contributed by atoms with Gasteiger partial charge in [0.1, 0.15) is 13.2 Å². The summed E-state index contributed by atoms with van der Waals surface area (Å²) in [7, 11) is 0. The summed E-state index contributed by atoms with van der Waals surface area (Å²) < 4.78 is 17.0. The summed E-state index contributed by atoms with van der Waals surface area (Å²) in [5.74, 6) is -0.860. The summed E-state index contributed by atoms with van der Waals surface area (Å²) in [4.78, 5) is 38.3. The number of esters is 3. The average molecular weight is 1020 g/mol. The van der Waals surface area contributed by atoms with Gasteiger partial charge in [-0.1, -0.05) is 294 Å². The van der Waals surface area contributed by atoms with Crippen LogP contribution in [0.3, 0.4) is 0 Å². The lowest BCUT2D eigenvalue weighted by molar-refractivity contribution is -0.167. The van der Waals surface area contributed by atoms with Crippen molar-refractivity contribution in [2.75, 3.05) is 13.2 Å². The van der Waals surface area contributed by atoms with Crippen LogP contribution < -0.4 is 0 Å². The van der Waals surface area contributed by atoms with E-state index in [2.05, 4.69) is 69.4 Å². The van der Waals surface area contributed by atoms with E-state index in [-0.39, 0.29) is 31.1 Å². The summed E-state index contributed by atoms with van der Waals surface area (Å²) in [5, 5.41) is 0. The summed E-state index contributed by atoms with van der Waals surface area (Å²) >= 11 is 0. The Bertz CT molecular complexity index is 1270. The molecule has 0 aromatic heterocycles. The van der Waals surface area contributed by atoms with Gasteiger partial charge in [0.05, 0.1) is 0 Å². The molecule has 1 atom stereocenters. The molecule has 0 amide bonds. The first kappa shape index (κ1) is 70.4. The van der Waals surface area contributed by atoms with Crippen molar-refractivity contribution in [3.8, 4) is 0 Å². The van der Waals surface area contributed by atoms with Crippen molar-refractivity contribution in [1.82, 2.24) is 0 Å². The van der Waals surface area contributed by atoms with Crippen molar-refractivity contribution in [3.05, 3.63) is 48.6 Å². The molecule has 0 rings (SSSR count). The third kappa shape index (κ3) is 60.1. The molecule has 0 aromatic carbocycles. The molecule has 0 saturated heterocycles. The number of hydrogen-bond acceptors (Lipinski definition) is 6. The van der Waals surface area contributed by atoms with Crippen LogP contribution in [0.25, 0.3) is 0 Å². The predicted molar refractivity (Wildman–Crippen MR) is 316 cm³/mol. The minimum absolute atomic E-state index is 0.0732. The van der Waals surface area contributed by atoms with Crippen LogP contribution in [-0.2, 0) is 28.6 Å². The van der Waals surface area contributed by atoms with Crippen molar-refractivity contribution >= 4 is 17.9 Å². The van der Waals surface area contributed by atoms with Gasteiger partial charge in [-0.05, 0) is 77.0 Å². The number of ether oxygens (including phenoxy) is 3. The zero-order chi connectivity index (χ0) is 52.9. The van der Waals surface area contributed by atoms with Crippen molar-refractivity contribution in [2.24, 2.45) is 0 Å². The standard InChI is InChI=1S/C67H122O6/c1-4-7-10-13-16-19-22-25-28-31-33-36-39-42-45-48-51-54-57-60-66(69)72-63-64(62-71-65(68)59-56-53-50-47-44-41-38-35-30-27-24-21-18-15-12-9-6-3)73-67(70)61-58-55-52-49-46-43-40-37-34-32-29-26-23-20-17-14-11-8-5-2/h7,10,16,19,25,27-28,30,64H,4-6,8-9,11-15,17-18,20-24,26,29,31-63H2,1-3H3/b10-7-,19-16-,28-25-,30-27-. The van der Waals surface area contributed by atoms with E-state index in [0.717, 1.165) is 77.0 Å². The second-order valence-electron chi connectivity index (χ2n) is 21.6. The first-order valence-corrected chi connectivity index (χ1v) is 32.1. The van der Waals surface area contributed by atoms with Gasteiger partial charge in [0, 0.05) is 19.3 Å². The van der Waals surface area contributed by atoms with E-state index in [0.29, 0.717) is 19.3 Å². The lowest BCUT2D eigenvalue weighted by atomic mass is 10.0. The molecule has 1 unspecified atom stereocenters. The Morgan fingerprint density at radius 3 is 0.849 bits per heavy atom. The summed E-state index contributed by atoms with van der Waals surface area (Å²) in [6.45, 7) is 6.58. The molecular weight excluding hydrogens is 901 g/mol. The summed E-state index contributed by atoms with van der Waals surface area (Å²) in [6, 6.07) is 0. The Hall–Kier alpha value is -2.63. The minimum atomic E-state index is -0.776. The average Bonchev–Trinajstić information content (AvgIpc) is 3.39. The van der Waals surface area contributed by atoms with Crippen LogP contribution in [0.5, 0.6) is 0 Å². The van der Waals surface area contributed by atoms with Gasteiger partial charge in [0.25, 0.3) is 0 Å². The highest BCUT2D eigenvalue weighted by Crippen LogP contribution is 2.17. The maximum absolute atomic E-state index is 12.9. The molecule has 6 heteroatoms. The molecule has 0 spiro atoms. The monoisotopic (exact) mass is 1020 g/mol. The molecule has 0 aliphatic carbocycles. The maximum Gasteiger partial charge on any atom is 0.306 e. The normalized spacial score (nSPS) is 12.3. The zero-order valence-electron chi connectivity index (χ0n) is 48.9. The van der Waals surface area contributed by atoms with E-state index in [1.54, 1.807) is 0 Å². The molecule has 6 nitrogen and oxygen atoms in total. The van der Waals surface area contributed by atoms with Gasteiger partial charge in [-0.2, -0.15) is 0 Å². The highest BCUT2D eigenvalue weighted by molar-refractivity contribution is 5.71. The van der Waals surface area contributed by atoms with Gasteiger partial charge in [-0.3, -0.25) is 14.4 Å². The van der Waals surface area contributed by atoms with E-state index < -0.39 is 6.10 Å². The Labute approximate surface area is 454 Å².